The summed E-state index contributed by atoms with van der Waals surface area (Å²) in [6, 6.07) is 3.99. The molecule has 0 aromatic carbocycles. The van der Waals surface area contributed by atoms with Gasteiger partial charge in [0.25, 0.3) is 0 Å². The number of anilines is 1. The lowest BCUT2D eigenvalue weighted by Crippen LogP contribution is -2.19. The van der Waals surface area contributed by atoms with E-state index in [9.17, 15) is 0 Å². The van der Waals surface area contributed by atoms with Crippen molar-refractivity contribution in [2.24, 2.45) is 0 Å². The summed E-state index contributed by atoms with van der Waals surface area (Å²) in [5, 5.41) is 3.30. The molecule has 0 radical (unpaired) electrons. The highest BCUT2D eigenvalue weighted by Crippen LogP contribution is 2.17. The number of rotatable bonds is 3. The van der Waals surface area contributed by atoms with Crippen LogP contribution in [-0.2, 0) is 4.74 Å². The third-order valence-electron chi connectivity index (χ3n) is 2.56. The molecule has 1 aliphatic heterocycles. The Morgan fingerprint density at radius 1 is 1.60 bits per heavy atom. The molecular formula is C11H15BrN2O. The van der Waals surface area contributed by atoms with Crippen LogP contribution in [0.5, 0.6) is 0 Å². The Morgan fingerprint density at radius 3 is 3.13 bits per heavy atom. The normalized spacial score (nSPS) is 20.5. The molecule has 1 unspecified atom stereocenters. The molecule has 0 saturated carbocycles. The quantitative estimate of drug-likeness (QED) is 0.917. The van der Waals surface area contributed by atoms with Crippen LogP contribution in [0.2, 0.25) is 0 Å². The van der Waals surface area contributed by atoms with Crippen molar-refractivity contribution in [1.29, 1.82) is 0 Å². The highest BCUT2D eigenvalue weighted by Gasteiger charge is 2.14. The molecule has 1 aliphatic rings. The van der Waals surface area contributed by atoms with Crippen LogP contribution in [0.25, 0.3) is 0 Å². The highest BCUT2D eigenvalue weighted by atomic mass is 79.9. The van der Waals surface area contributed by atoms with E-state index in [1.165, 1.54) is 6.42 Å². The number of aryl methyl sites for hydroxylation is 1. The van der Waals surface area contributed by atoms with Crippen LogP contribution in [-0.4, -0.2) is 24.2 Å². The number of nitrogens with one attached hydrogen (secondary N) is 1. The van der Waals surface area contributed by atoms with Crippen LogP contribution in [0.1, 0.15) is 18.5 Å². The Labute approximate surface area is 98.4 Å². The largest absolute Gasteiger partial charge is 0.376 e. The zero-order valence-corrected chi connectivity index (χ0v) is 10.4. The Kier molecular flexibility index (Phi) is 3.59. The lowest BCUT2D eigenvalue weighted by atomic mass is 10.2. The van der Waals surface area contributed by atoms with Crippen molar-refractivity contribution >= 4 is 21.7 Å². The van der Waals surface area contributed by atoms with Gasteiger partial charge in [-0.3, -0.25) is 0 Å². The zero-order chi connectivity index (χ0) is 10.7. The molecule has 1 saturated heterocycles. The van der Waals surface area contributed by atoms with Crippen molar-refractivity contribution < 1.29 is 4.74 Å². The summed E-state index contributed by atoms with van der Waals surface area (Å²) in [5.74, 6) is 0.922. The number of hydrogen-bond donors (Lipinski definition) is 1. The molecule has 0 spiro atoms. The molecular weight excluding hydrogens is 256 g/mol. The molecule has 3 nitrogen and oxygen atoms in total. The maximum atomic E-state index is 5.53. The lowest BCUT2D eigenvalue weighted by molar-refractivity contribution is 0.120. The highest BCUT2D eigenvalue weighted by molar-refractivity contribution is 9.10. The first-order valence-electron chi connectivity index (χ1n) is 5.24. The first-order valence-corrected chi connectivity index (χ1v) is 6.03. The molecule has 82 valence electrons. The van der Waals surface area contributed by atoms with Crippen molar-refractivity contribution in [3.8, 4) is 0 Å². The summed E-state index contributed by atoms with van der Waals surface area (Å²) in [6.07, 6.45) is 2.69. The van der Waals surface area contributed by atoms with Gasteiger partial charge in [-0.1, -0.05) is 0 Å². The maximum absolute atomic E-state index is 5.53. The van der Waals surface area contributed by atoms with Gasteiger partial charge in [0.1, 0.15) is 5.82 Å². The van der Waals surface area contributed by atoms with Gasteiger partial charge in [-0.2, -0.15) is 0 Å². The van der Waals surface area contributed by atoms with E-state index in [1.54, 1.807) is 0 Å². The summed E-state index contributed by atoms with van der Waals surface area (Å²) in [4.78, 5) is 4.42. The second-order valence-electron chi connectivity index (χ2n) is 3.78. The summed E-state index contributed by atoms with van der Waals surface area (Å²) in [6.45, 7) is 3.74. The Bertz CT molecular complexity index is 337. The Hall–Kier alpha value is -0.610. The minimum Gasteiger partial charge on any atom is -0.376 e. The van der Waals surface area contributed by atoms with Gasteiger partial charge in [0.05, 0.1) is 11.8 Å². The number of halogens is 1. The average molecular weight is 271 g/mol. The van der Waals surface area contributed by atoms with E-state index in [-0.39, 0.29) is 0 Å². The number of pyridine rings is 1. The summed E-state index contributed by atoms with van der Waals surface area (Å²) in [5.41, 5.74) is 1.01. The molecule has 0 bridgehead atoms. The van der Waals surface area contributed by atoms with Crippen molar-refractivity contribution in [3.63, 3.8) is 0 Å². The molecule has 15 heavy (non-hydrogen) atoms. The standard InChI is InChI=1S/C11H15BrN2O/c1-8-10(12)4-5-11(14-8)13-7-9-3-2-6-15-9/h4-5,9H,2-3,6-7H2,1H3,(H,13,14). The predicted octanol–water partition coefficient (Wildman–Crippen LogP) is 2.74. The van der Waals surface area contributed by atoms with E-state index in [4.69, 9.17) is 4.74 Å². The lowest BCUT2D eigenvalue weighted by Gasteiger charge is -2.11. The topological polar surface area (TPSA) is 34.2 Å². The smallest absolute Gasteiger partial charge is 0.126 e. The molecule has 1 atom stereocenters. The van der Waals surface area contributed by atoms with Crippen molar-refractivity contribution in [1.82, 2.24) is 4.98 Å². The second-order valence-corrected chi connectivity index (χ2v) is 4.63. The van der Waals surface area contributed by atoms with E-state index >= 15 is 0 Å². The third kappa shape index (κ3) is 2.92. The van der Waals surface area contributed by atoms with Crippen LogP contribution in [0, 0.1) is 6.92 Å². The third-order valence-corrected chi connectivity index (χ3v) is 3.39. The molecule has 1 N–H and O–H groups in total. The predicted molar refractivity (Wildman–Crippen MR) is 64.1 cm³/mol. The number of aromatic nitrogens is 1. The fraction of sp³-hybridized carbons (Fsp3) is 0.545. The average Bonchev–Trinajstić information content (AvgIpc) is 2.73. The minimum atomic E-state index is 0.357. The molecule has 4 heteroatoms. The van der Waals surface area contributed by atoms with Crippen molar-refractivity contribution in [2.45, 2.75) is 25.9 Å². The Morgan fingerprint density at radius 2 is 2.47 bits per heavy atom. The summed E-state index contributed by atoms with van der Waals surface area (Å²) >= 11 is 3.43. The molecule has 1 aromatic heterocycles. The molecule has 2 rings (SSSR count). The van der Waals surface area contributed by atoms with Gasteiger partial charge >= 0.3 is 0 Å². The molecule has 1 fully saturated rings. The van der Waals surface area contributed by atoms with E-state index in [2.05, 4.69) is 26.2 Å². The Balaban J connectivity index is 1.90. The van der Waals surface area contributed by atoms with E-state index < -0.39 is 0 Å². The van der Waals surface area contributed by atoms with Crippen LogP contribution in [0.4, 0.5) is 5.82 Å². The monoisotopic (exact) mass is 270 g/mol. The number of ether oxygens (including phenoxy) is 1. The molecule has 2 heterocycles. The molecule has 0 aliphatic carbocycles. The van der Waals surface area contributed by atoms with Crippen LogP contribution in [0.3, 0.4) is 0 Å². The first-order chi connectivity index (χ1) is 7.25. The van der Waals surface area contributed by atoms with Gasteiger partial charge in [0.2, 0.25) is 0 Å². The SMILES string of the molecule is Cc1nc(NCC2CCCO2)ccc1Br. The van der Waals surface area contributed by atoms with Gasteiger partial charge in [0.15, 0.2) is 0 Å². The van der Waals surface area contributed by atoms with E-state index in [1.807, 2.05) is 19.1 Å². The van der Waals surface area contributed by atoms with Gasteiger partial charge in [-0.25, -0.2) is 4.98 Å². The fourth-order valence-electron chi connectivity index (χ4n) is 1.67. The van der Waals surface area contributed by atoms with Gasteiger partial charge in [-0.05, 0) is 47.8 Å². The molecule has 1 aromatic rings. The molecule has 0 amide bonds. The van der Waals surface area contributed by atoms with Crippen molar-refractivity contribution in [3.05, 3.63) is 22.3 Å². The first kappa shape index (κ1) is 10.9. The summed E-state index contributed by atoms with van der Waals surface area (Å²) in [7, 11) is 0. The van der Waals surface area contributed by atoms with E-state index in [0.717, 1.165) is 35.6 Å². The van der Waals surface area contributed by atoms with Gasteiger partial charge in [0, 0.05) is 17.6 Å². The van der Waals surface area contributed by atoms with Crippen LogP contribution >= 0.6 is 15.9 Å². The van der Waals surface area contributed by atoms with Crippen LogP contribution in [0.15, 0.2) is 16.6 Å². The minimum absolute atomic E-state index is 0.357. The fourth-order valence-corrected chi connectivity index (χ4v) is 1.89. The number of nitrogens with zero attached hydrogens (tertiary/aromatic N) is 1. The van der Waals surface area contributed by atoms with E-state index in [0.29, 0.717) is 6.10 Å². The summed E-state index contributed by atoms with van der Waals surface area (Å²) < 4.78 is 6.58. The van der Waals surface area contributed by atoms with Crippen LogP contribution < -0.4 is 5.32 Å². The van der Waals surface area contributed by atoms with Crippen molar-refractivity contribution in [2.75, 3.05) is 18.5 Å². The maximum Gasteiger partial charge on any atom is 0.126 e. The second kappa shape index (κ2) is 4.94. The number of hydrogen-bond acceptors (Lipinski definition) is 3. The van der Waals surface area contributed by atoms with Gasteiger partial charge < -0.3 is 10.1 Å². The van der Waals surface area contributed by atoms with Gasteiger partial charge in [-0.15, -0.1) is 0 Å². The zero-order valence-electron chi connectivity index (χ0n) is 8.79.